The van der Waals surface area contributed by atoms with Gasteiger partial charge in [-0.05, 0) is 25.5 Å². The van der Waals surface area contributed by atoms with Gasteiger partial charge in [0.25, 0.3) is 5.91 Å². The maximum absolute atomic E-state index is 11.6. The summed E-state index contributed by atoms with van der Waals surface area (Å²) in [7, 11) is 0. The number of rotatable bonds is 3. The molecule has 3 nitrogen and oxygen atoms in total. The topological polar surface area (TPSA) is 42.0 Å². The average Bonchev–Trinajstić information content (AvgIpc) is 2.15. The first-order valence-corrected chi connectivity index (χ1v) is 4.44. The third-order valence-electron chi connectivity index (χ3n) is 1.82. The van der Waals surface area contributed by atoms with E-state index < -0.39 is 0 Å². The van der Waals surface area contributed by atoms with Crippen LogP contribution in [0.3, 0.4) is 0 Å². The molecule has 0 aromatic carbocycles. The van der Waals surface area contributed by atoms with E-state index in [2.05, 4.69) is 16.9 Å². The van der Waals surface area contributed by atoms with Gasteiger partial charge in [0, 0.05) is 24.5 Å². The van der Waals surface area contributed by atoms with Gasteiger partial charge < -0.3 is 5.32 Å². The summed E-state index contributed by atoms with van der Waals surface area (Å²) in [6.07, 6.45) is 3.29. The Morgan fingerprint density at radius 1 is 1.64 bits per heavy atom. The quantitative estimate of drug-likeness (QED) is 0.737. The second-order valence-electron chi connectivity index (χ2n) is 3.33. The van der Waals surface area contributed by atoms with Gasteiger partial charge >= 0.3 is 0 Å². The van der Waals surface area contributed by atoms with Gasteiger partial charge in [0.2, 0.25) is 0 Å². The fourth-order valence-corrected chi connectivity index (χ4v) is 1.05. The lowest BCUT2D eigenvalue weighted by atomic mass is 10.1. The van der Waals surface area contributed by atoms with Crippen LogP contribution >= 0.6 is 0 Å². The highest BCUT2D eigenvalue weighted by molar-refractivity contribution is 5.95. The first-order valence-electron chi connectivity index (χ1n) is 4.44. The molecule has 1 aromatic rings. The maximum atomic E-state index is 11.6. The second kappa shape index (κ2) is 4.56. The van der Waals surface area contributed by atoms with Crippen LogP contribution in [-0.4, -0.2) is 17.4 Å². The summed E-state index contributed by atoms with van der Waals surface area (Å²) in [6, 6.07) is 1.71. The number of nitrogens with one attached hydrogen (secondary N) is 1. The van der Waals surface area contributed by atoms with Crippen LogP contribution in [0.25, 0.3) is 0 Å². The third-order valence-corrected chi connectivity index (χ3v) is 1.82. The van der Waals surface area contributed by atoms with E-state index in [1.807, 2.05) is 13.8 Å². The lowest BCUT2D eigenvalue weighted by molar-refractivity contribution is 0.0956. The summed E-state index contributed by atoms with van der Waals surface area (Å²) >= 11 is 0. The van der Waals surface area contributed by atoms with Crippen molar-refractivity contribution in [2.75, 3.05) is 6.54 Å². The molecule has 1 N–H and O–H groups in total. The normalized spacial score (nSPS) is 9.57. The van der Waals surface area contributed by atoms with Crippen molar-refractivity contribution in [2.45, 2.75) is 13.8 Å². The lowest BCUT2D eigenvalue weighted by Gasteiger charge is -2.06. The molecule has 0 aliphatic rings. The fourth-order valence-electron chi connectivity index (χ4n) is 1.05. The van der Waals surface area contributed by atoms with Crippen LogP contribution in [0.15, 0.2) is 30.6 Å². The molecule has 0 fully saturated rings. The van der Waals surface area contributed by atoms with Gasteiger partial charge in [-0.1, -0.05) is 12.2 Å². The van der Waals surface area contributed by atoms with Crippen LogP contribution in [0, 0.1) is 6.92 Å². The summed E-state index contributed by atoms with van der Waals surface area (Å²) in [4.78, 5) is 15.5. The summed E-state index contributed by atoms with van der Waals surface area (Å²) in [5.41, 5.74) is 2.48. The van der Waals surface area contributed by atoms with E-state index in [9.17, 15) is 4.79 Å². The Morgan fingerprint density at radius 2 is 2.36 bits per heavy atom. The number of nitrogens with zero attached hydrogens (tertiary/aromatic N) is 1. The number of carbonyl (C=O) groups excluding carboxylic acids is 1. The molecule has 0 spiro atoms. The molecule has 0 atom stereocenters. The van der Waals surface area contributed by atoms with Crippen molar-refractivity contribution < 1.29 is 4.79 Å². The molecule has 3 heteroatoms. The minimum atomic E-state index is -0.0760. The Kier molecular flexibility index (Phi) is 3.40. The molecule has 74 valence electrons. The monoisotopic (exact) mass is 190 g/mol. The summed E-state index contributed by atoms with van der Waals surface area (Å²) < 4.78 is 0. The number of aromatic nitrogens is 1. The van der Waals surface area contributed by atoms with Gasteiger partial charge in [-0.15, -0.1) is 0 Å². The minimum Gasteiger partial charge on any atom is -0.348 e. The van der Waals surface area contributed by atoms with E-state index in [1.165, 1.54) is 0 Å². The number of pyridine rings is 1. The van der Waals surface area contributed by atoms with Gasteiger partial charge in [0.05, 0.1) is 0 Å². The molecule has 1 rings (SSSR count). The van der Waals surface area contributed by atoms with Crippen molar-refractivity contribution in [2.24, 2.45) is 0 Å². The highest BCUT2D eigenvalue weighted by Crippen LogP contribution is 2.04. The smallest absolute Gasteiger partial charge is 0.251 e. The molecule has 0 aliphatic carbocycles. The third kappa shape index (κ3) is 2.69. The fraction of sp³-hybridized carbons (Fsp3) is 0.273. The number of hydrogen-bond donors (Lipinski definition) is 1. The van der Waals surface area contributed by atoms with Crippen molar-refractivity contribution in [3.8, 4) is 0 Å². The number of aryl methyl sites for hydroxylation is 1. The molecular formula is C11H14N2O. The zero-order chi connectivity index (χ0) is 10.6. The molecule has 0 saturated carbocycles. The molecular weight excluding hydrogens is 176 g/mol. The van der Waals surface area contributed by atoms with E-state index in [-0.39, 0.29) is 5.91 Å². The van der Waals surface area contributed by atoms with Crippen molar-refractivity contribution in [3.63, 3.8) is 0 Å². The van der Waals surface area contributed by atoms with Crippen molar-refractivity contribution >= 4 is 5.91 Å². The van der Waals surface area contributed by atoms with Crippen LogP contribution in [0.4, 0.5) is 0 Å². The average molecular weight is 190 g/mol. The highest BCUT2D eigenvalue weighted by Gasteiger charge is 2.06. The van der Waals surface area contributed by atoms with Crippen LogP contribution in [0.2, 0.25) is 0 Å². The second-order valence-corrected chi connectivity index (χ2v) is 3.33. The minimum absolute atomic E-state index is 0.0760. The van der Waals surface area contributed by atoms with Crippen molar-refractivity contribution in [1.82, 2.24) is 10.3 Å². The van der Waals surface area contributed by atoms with Crippen molar-refractivity contribution in [3.05, 3.63) is 41.7 Å². The lowest BCUT2D eigenvalue weighted by Crippen LogP contribution is -2.25. The van der Waals surface area contributed by atoms with Gasteiger partial charge in [-0.25, -0.2) is 0 Å². The molecule has 0 bridgehead atoms. The molecule has 14 heavy (non-hydrogen) atoms. The Balaban J connectivity index is 2.70. The molecule has 0 radical (unpaired) electrons. The SMILES string of the molecule is C=C(C)CNC(=O)c1ccncc1C. The van der Waals surface area contributed by atoms with E-state index in [0.29, 0.717) is 12.1 Å². The first kappa shape index (κ1) is 10.4. The van der Waals surface area contributed by atoms with Gasteiger partial charge in [-0.3, -0.25) is 9.78 Å². The molecule has 1 amide bonds. The van der Waals surface area contributed by atoms with Crippen LogP contribution in [0.5, 0.6) is 0 Å². The zero-order valence-electron chi connectivity index (χ0n) is 8.50. The molecule has 0 unspecified atom stereocenters. The van der Waals surface area contributed by atoms with E-state index in [4.69, 9.17) is 0 Å². The number of carbonyl (C=O) groups is 1. The molecule has 0 aliphatic heterocycles. The first-order chi connectivity index (χ1) is 6.61. The summed E-state index contributed by atoms with van der Waals surface area (Å²) in [6.45, 7) is 7.97. The Morgan fingerprint density at radius 3 is 2.93 bits per heavy atom. The zero-order valence-corrected chi connectivity index (χ0v) is 8.50. The van der Waals surface area contributed by atoms with Gasteiger partial charge in [0.1, 0.15) is 0 Å². The van der Waals surface area contributed by atoms with Crippen LogP contribution < -0.4 is 5.32 Å². The predicted octanol–water partition coefficient (Wildman–Crippen LogP) is 1.70. The number of amides is 1. The molecule has 1 aromatic heterocycles. The largest absolute Gasteiger partial charge is 0.348 e. The Hall–Kier alpha value is -1.64. The summed E-state index contributed by atoms with van der Waals surface area (Å²) in [5.74, 6) is -0.0760. The van der Waals surface area contributed by atoms with Crippen LogP contribution in [0.1, 0.15) is 22.8 Å². The molecule has 0 saturated heterocycles. The maximum Gasteiger partial charge on any atom is 0.251 e. The highest BCUT2D eigenvalue weighted by atomic mass is 16.1. The molecule has 1 heterocycles. The Bertz CT molecular complexity index is 358. The van der Waals surface area contributed by atoms with Gasteiger partial charge in [0.15, 0.2) is 0 Å². The number of hydrogen-bond acceptors (Lipinski definition) is 2. The van der Waals surface area contributed by atoms with E-state index in [1.54, 1.807) is 18.5 Å². The van der Waals surface area contributed by atoms with E-state index >= 15 is 0 Å². The summed E-state index contributed by atoms with van der Waals surface area (Å²) in [5, 5.41) is 2.77. The van der Waals surface area contributed by atoms with Gasteiger partial charge in [-0.2, -0.15) is 0 Å². The van der Waals surface area contributed by atoms with Crippen molar-refractivity contribution in [1.29, 1.82) is 0 Å². The predicted molar refractivity (Wildman–Crippen MR) is 56.1 cm³/mol. The van der Waals surface area contributed by atoms with E-state index in [0.717, 1.165) is 11.1 Å². The van der Waals surface area contributed by atoms with Crippen LogP contribution in [-0.2, 0) is 0 Å². The standard InChI is InChI=1S/C11H14N2O/c1-8(2)6-13-11(14)10-4-5-12-7-9(10)3/h4-5,7H,1,6H2,2-3H3,(H,13,14). The Labute approximate surface area is 83.9 Å².